The molecule has 8 heteroatoms. The number of halogens is 1. The van der Waals surface area contributed by atoms with Crippen LogP contribution < -0.4 is 16.0 Å². The van der Waals surface area contributed by atoms with E-state index in [9.17, 15) is 14.4 Å². The number of hydrogen-bond donors (Lipinski definition) is 3. The maximum Gasteiger partial charge on any atom is 0.272 e. The van der Waals surface area contributed by atoms with Gasteiger partial charge in [-0.25, -0.2) is 0 Å². The summed E-state index contributed by atoms with van der Waals surface area (Å²) in [6.07, 6.45) is 1.66. The highest BCUT2D eigenvalue weighted by molar-refractivity contribution is 8.00. The second kappa shape index (κ2) is 16.1. The van der Waals surface area contributed by atoms with Crippen molar-refractivity contribution in [2.24, 2.45) is 0 Å². The van der Waals surface area contributed by atoms with Crippen molar-refractivity contribution in [2.45, 2.75) is 36.8 Å². The van der Waals surface area contributed by atoms with E-state index in [2.05, 4.69) is 29.8 Å². The number of amides is 3. The van der Waals surface area contributed by atoms with Crippen molar-refractivity contribution < 1.29 is 14.4 Å². The zero-order chi connectivity index (χ0) is 34.0. The molecule has 0 saturated heterocycles. The van der Waals surface area contributed by atoms with E-state index in [1.54, 1.807) is 42.5 Å². The molecule has 1 unspecified atom stereocenters. The molecule has 0 aliphatic heterocycles. The van der Waals surface area contributed by atoms with Crippen molar-refractivity contribution in [1.29, 1.82) is 0 Å². The van der Waals surface area contributed by atoms with E-state index in [4.69, 9.17) is 11.6 Å². The third-order valence-electron chi connectivity index (χ3n) is 7.57. The minimum atomic E-state index is -0.591. The average Bonchev–Trinajstić information content (AvgIpc) is 3.09. The molecule has 3 N–H and O–H groups in total. The third-order valence-corrected chi connectivity index (χ3v) is 9.22. The standard InChI is InChI=1S/C40H36ClN3O3S/c1-26(2)29-20-18-28(19-21-29)23-36(44-38(45)31-13-8-5-9-14-31)39(46)42-32-15-10-16-34(24-32)48-37(30-11-6-4-7-12-30)40(47)43-33-22-17-27(3)35(41)25-33/h4-26,37H,1-3H3,(H,42,46)(H,43,47)(H,44,45)/b36-23+. The lowest BCUT2D eigenvalue weighted by Gasteiger charge is -2.18. The predicted molar refractivity (Wildman–Crippen MR) is 197 cm³/mol. The zero-order valence-corrected chi connectivity index (χ0v) is 28.4. The summed E-state index contributed by atoms with van der Waals surface area (Å²) in [5.41, 5.74) is 5.33. The van der Waals surface area contributed by atoms with Gasteiger partial charge in [0, 0.05) is 26.9 Å². The molecule has 1 atom stereocenters. The van der Waals surface area contributed by atoms with Crippen LogP contribution in [0.1, 0.15) is 57.6 Å². The van der Waals surface area contributed by atoms with E-state index in [1.807, 2.05) is 97.9 Å². The lowest BCUT2D eigenvalue weighted by atomic mass is 10.0. The largest absolute Gasteiger partial charge is 0.325 e. The van der Waals surface area contributed by atoms with Crippen LogP contribution in [-0.4, -0.2) is 17.7 Å². The maximum absolute atomic E-state index is 13.7. The van der Waals surface area contributed by atoms with Crippen molar-refractivity contribution in [3.05, 3.63) is 166 Å². The molecule has 5 rings (SSSR count). The van der Waals surface area contributed by atoms with Crippen LogP contribution in [0.2, 0.25) is 5.02 Å². The fourth-order valence-corrected chi connectivity index (χ4v) is 6.11. The number of rotatable bonds is 11. The highest BCUT2D eigenvalue weighted by Gasteiger charge is 2.23. The first-order chi connectivity index (χ1) is 23.2. The summed E-state index contributed by atoms with van der Waals surface area (Å²) in [6.45, 7) is 6.14. The number of hydrogen-bond acceptors (Lipinski definition) is 4. The molecule has 0 spiro atoms. The molecule has 0 aliphatic rings. The Balaban J connectivity index is 1.38. The quantitative estimate of drug-likeness (QED) is 0.0962. The second-order valence-electron chi connectivity index (χ2n) is 11.5. The van der Waals surface area contributed by atoms with E-state index in [-0.39, 0.29) is 11.6 Å². The van der Waals surface area contributed by atoms with Crippen molar-refractivity contribution in [1.82, 2.24) is 5.32 Å². The zero-order valence-electron chi connectivity index (χ0n) is 26.9. The first-order valence-electron chi connectivity index (χ1n) is 15.5. The molecule has 0 aliphatic carbocycles. The summed E-state index contributed by atoms with van der Waals surface area (Å²) < 4.78 is 0. The van der Waals surface area contributed by atoms with Crippen LogP contribution in [0.25, 0.3) is 6.08 Å². The summed E-state index contributed by atoms with van der Waals surface area (Å²) >= 11 is 7.67. The van der Waals surface area contributed by atoms with Gasteiger partial charge < -0.3 is 16.0 Å². The van der Waals surface area contributed by atoms with Crippen molar-refractivity contribution >= 4 is 58.5 Å². The van der Waals surface area contributed by atoms with E-state index < -0.39 is 17.1 Å². The summed E-state index contributed by atoms with van der Waals surface area (Å²) in [4.78, 5) is 41.2. The Hall–Kier alpha value is -5.11. The molecule has 242 valence electrons. The van der Waals surface area contributed by atoms with Crippen LogP contribution in [0.15, 0.2) is 138 Å². The summed E-state index contributed by atoms with van der Waals surface area (Å²) in [5.74, 6) is -0.727. The van der Waals surface area contributed by atoms with Gasteiger partial charge in [0.2, 0.25) is 5.91 Å². The molecule has 48 heavy (non-hydrogen) atoms. The normalized spacial score (nSPS) is 11.9. The Morgan fingerprint density at radius 1 is 0.708 bits per heavy atom. The van der Waals surface area contributed by atoms with Crippen LogP contribution >= 0.6 is 23.4 Å². The minimum Gasteiger partial charge on any atom is -0.325 e. The molecule has 5 aromatic carbocycles. The van der Waals surface area contributed by atoms with E-state index in [0.717, 1.165) is 21.6 Å². The third kappa shape index (κ3) is 9.25. The van der Waals surface area contributed by atoms with Gasteiger partial charge in [-0.3, -0.25) is 14.4 Å². The molecule has 5 aromatic rings. The summed E-state index contributed by atoms with van der Waals surface area (Å²) in [5, 5.41) is 8.70. The molecule has 3 amide bonds. The highest BCUT2D eigenvalue weighted by atomic mass is 35.5. The summed E-state index contributed by atoms with van der Waals surface area (Å²) in [7, 11) is 0. The lowest BCUT2D eigenvalue weighted by molar-refractivity contribution is -0.116. The number of carbonyl (C=O) groups excluding carboxylic acids is 3. The van der Waals surface area contributed by atoms with E-state index in [1.165, 1.54) is 17.3 Å². The van der Waals surface area contributed by atoms with Crippen LogP contribution in [-0.2, 0) is 9.59 Å². The van der Waals surface area contributed by atoms with Crippen molar-refractivity contribution in [3.8, 4) is 0 Å². The van der Waals surface area contributed by atoms with Crippen LogP contribution in [0.4, 0.5) is 11.4 Å². The first-order valence-corrected chi connectivity index (χ1v) is 16.8. The predicted octanol–water partition coefficient (Wildman–Crippen LogP) is 9.65. The number of anilines is 2. The van der Waals surface area contributed by atoms with E-state index in [0.29, 0.717) is 27.9 Å². The number of aryl methyl sites for hydroxylation is 1. The van der Waals surface area contributed by atoms with Crippen LogP contribution in [0, 0.1) is 6.92 Å². The maximum atomic E-state index is 13.7. The number of thioether (sulfide) groups is 1. The average molecular weight is 674 g/mol. The lowest BCUT2D eigenvalue weighted by Crippen LogP contribution is -2.30. The van der Waals surface area contributed by atoms with Gasteiger partial charge in [0.05, 0.1) is 0 Å². The van der Waals surface area contributed by atoms with Crippen molar-refractivity contribution in [3.63, 3.8) is 0 Å². The van der Waals surface area contributed by atoms with Gasteiger partial charge in [-0.15, -0.1) is 11.8 Å². The molecular formula is C40H36ClN3O3S. The summed E-state index contributed by atoms with van der Waals surface area (Å²) in [6, 6.07) is 38.8. The van der Waals surface area contributed by atoms with Gasteiger partial charge >= 0.3 is 0 Å². The van der Waals surface area contributed by atoms with Gasteiger partial charge in [0.1, 0.15) is 10.9 Å². The SMILES string of the molecule is Cc1ccc(NC(=O)C(Sc2cccc(NC(=O)/C(=C\c3ccc(C(C)C)cc3)NC(=O)c3ccccc3)c2)c2ccccc2)cc1Cl. The Morgan fingerprint density at radius 2 is 1.38 bits per heavy atom. The fraction of sp³-hybridized carbons (Fsp3) is 0.125. The minimum absolute atomic E-state index is 0.0949. The van der Waals surface area contributed by atoms with Gasteiger partial charge in [0.25, 0.3) is 11.8 Å². The molecule has 0 fully saturated rings. The fourth-order valence-electron chi connectivity index (χ4n) is 4.85. The molecule has 0 aromatic heterocycles. The molecule has 0 bridgehead atoms. The van der Waals surface area contributed by atoms with Crippen molar-refractivity contribution in [2.75, 3.05) is 10.6 Å². The topological polar surface area (TPSA) is 87.3 Å². The highest BCUT2D eigenvalue weighted by Crippen LogP contribution is 2.37. The van der Waals surface area contributed by atoms with Crippen LogP contribution in [0.3, 0.4) is 0 Å². The first kappa shape index (κ1) is 34.2. The molecule has 6 nitrogen and oxygen atoms in total. The van der Waals surface area contributed by atoms with Gasteiger partial charge in [-0.2, -0.15) is 0 Å². The molecule has 0 heterocycles. The smallest absolute Gasteiger partial charge is 0.272 e. The molecular weight excluding hydrogens is 638 g/mol. The Kier molecular flexibility index (Phi) is 11.5. The number of benzene rings is 5. The van der Waals surface area contributed by atoms with Gasteiger partial charge in [-0.05, 0) is 83.6 Å². The Bertz CT molecular complexity index is 1930. The second-order valence-corrected chi connectivity index (χ2v) is 13.1. The van der Waals surface area contributed by atoms with Gasteiger partial charge in [0.15, 0.2) is 0 Å². The number of nitrogens with one attached hydrogen (secondary N) is 3. The van der Waals surface area contributed by atoms with Gasteiger partial charge in [-0.1, -0.05) is 110 Å². The Morgan fingerprint density at radius 3 is 2.04 bits per heavy atom. The van der Waals surface area contributed by atoms with E-state index >= 15 is 0 Å². The van der Waals surface area contributed by atoms with Crippen LogP contribution in [0.5, 0.6) is 0 Å². The number of carbonyl (C=O) groups is 3. The Labute approximate surface area is 290 Å². The molecule has 0 radical (unpaired) electrons. The monoisotopic (exact) mass is 673 g/mol. The molecule has 0 saturated carbocycles.